The van der Waals surface area contributed by atoms with E-state index >= 15 is 0 Å². The van der Waals surface area contributed by atoms with Crippen molar-refractivity contribution >= 4 is 0 Å². The van der Waals surface area contributed by atoms with Crippen LogP contribution < -0.4 is 5.32 Å². The maximum Gasteiger partial charge on any atom is 0.0525 e. The average molecular weight is 193 g/mol. The van der Waals surface area contributed by atoms with E-state index < -0.39 is 0 Å². The predicted molar refractivity (Wildman–Crippen MR) is 57.5 cm³/mol. The number of nitrogens with one attached hydrogen (secondary N) is 1. The van der Waals surface area contributed by atoms with Gasteiger partial charge in [0, 0.05) is 18.2 Å². The van der Waals surface area contributed by atoms with E-state index in [0.717, 1.165) is 25.4 Å². The van der Waals surface area contributed by atoms with Gasteiger partial charge in [0.25, 0.3) is 0 Å². The van der Waals surface area contributed by atoms with Gasteiger partial charge in [0.15, 0.2) is 0 Å². The number of hydrogen-bond donors (Lipinski definition) is 1. The zero-order chi connectivity index (χ0) is 9.97. The Balaban J connectivity index is 2.16. The SMILES string of the molecule is CCn1ncc(CCNC)c1C1CC1. The first-order valence-electron chi connectivity index (χ1n) is 5.56. The molecule has 0 spiro atoms. The Kier molecular flexibility index (Phi) is 2.87. The van der Waals surface area contributed by atoms with Crippen LogP contribution in [0.15, 0.2) is 6.20 Å². The highest BCUT2D eigenvalue weighted by molar-refractivity contribution is 5.26. The van der Waals surface area contributed by atoms with Crippen molar-refractivity contribution in [3.63, 3.8) is 0 Å². The summed E-state index contributed by atoms with van der Waals surface area (Å²) in [4.78, 5) is 0. The monoisotopic (exact) mass is 193 g/mol. The first-order chi connectivity index (χ1) is 6.86. The summed E-state index contributed by atoms with van der Waals surface area (Å²) in [5.41, 5.74) is 2.95. The zero-order valence-corrected chi connectivity index (χ0v) is 9.08. The first kappa shape index (κ1) is 9.71. The molecule has 1 aromatic rings. The molecule has 0 atom stereocenters. The van der Waals surface area contributed by atoms with E-state index in [2.05, 4.69) is 28.2 Å². The lowest BCUT2D eigenvalue weighted by Crippen LogP contribution is -2.11. The summed E-state index contributed by atoms with van der Waals surface area (Å²) in [5.74, 6) is 0.810. The summed E-state index contributed by atoms with van der Waals surface area (Å²) in [6.07, 6.45) is 5.88. The molecule has 1 aromatic heterocycles. The second-order valence-corrected chi connectivity index (χ2v) is 4.00. The van der Waals surface area contributed by atoms with Gasteiger partial charge >= 0.3 is 0 Å². The Morgan fingerprint density at radius 2 is 2.36 bits per heavy atom. The molecule has 1 aliphatic rings. The van der Waals surface area contributed by atoms with E-state index in [-0.39, 0.29) is 0 Å². The molecule has 78 valence electrons. The Morgan fingerprint density at radius 1 is 1.57 bits per heavy atom. The Morgan fingerprint density at radius 3 is 2.93 bits per heavy atom. The van der Waals surface area contributed by atoms with E-state index in [1.807, 2.05) is 7.05 Å². The number of aryl methyl sites for hydroxylation is 1. The maximum atomic E-state index is 4.44. The van der Waals surface area contributed by atoms with Gasteiger partial charge < -0.3 is 5.32 Å². The molecule has 1 saturated carbocycles. The predicted octanol–water partition coefficient (Wildman–Crippen LogP) is 1.54. The van der Waals surface area contributed by atoms with E-state index in [1.54, 1.807) is 0 Å². The lowest BCUT2D eigenvalue weighted by molar-refractivity contribution is 0.620. The number of rotatable bonds is 5. The van der Waals surface area contributed by atoms with Crippen LogP contribution in [-0.2, 0) is 13.0 Å². The zero-order valence-electron chi connectivity index (χ0n) is 9.08. The molecular weight excluding hydrogens is 174 g/mol. The minimum atomic E-state index is 0.810. The fourth-order valence-electron chi connectivity index (χ4n) is 1.97. The number of likely N-dealkylation sites (N-methyl/N-ethyl adjacent to an activating group) is 1. The van der Waals surface area contributed by atoms with Crippen molar-refractivity contribution in [1.29, 1.82) is 0 Å². The van der Waals surface area contributed by atoms with Crippen molar-refractivity contribution in [2.45, 2.75) is 38.6 Å². The molecule has 0 radical (unpaired) electrons. The Labute approximate surface area is 85.5 Å². The minimum absolute atomic E-state index is 0.810. The lowest BCUT2D eigenvalue weighted by Gasteiger charge is -2.06. The van der Waals surface area contributed by atoms with E-state index in [4.69, 9.17) is 0 Å². The van der Waals surface area contributed by atoms with Crippen LogP contribution in [0.4, 0.5) is 0 Å². The molecule has 3 heteroatoms. The van der Waals surface area contributed by atoms with Gasteiger partial charge in [-0.05, 0) is 45.3 Å². The summed E-state index contributed by atoms with van der Waals surface area (Å²) >= 11 is 0. The third-order valence-electron chi connectivity index (χ3n) is 2.87. The third kappa shape index (κ3) is 1.82. The molecule has 0 aromatic carbocycles. The largest absolute Gasteiger partial charge is 0.319 e. The van der Waals surface area contributed by atoms with Gasteiger partial charge in [0.2, 0.25) is 0 Å². The molecule has 1 N–H and O–H groups in total. The Bertz CT molecular complexity index is 299. The van der Waals surface area contributed by atoms with Crippen LogP contribution in [0.5, 0.6) is 0 Å². The number of aromatic nitrogens is 2. The molecular formula is C11H19N3. The summed E-state index contributed by atoms with van der Waals surface area (Å²) in [7, 11) is 2.00. The fourth-order valence-corrected chi connectivity index (χ4v) is 1.97. The fraction of sp³-hybridized carbons (Fsp3) is 0.727. The van der Waals surface area contributed by atoms with Gasteiger partial charge in [-0.3, -0.25) is 4.68 Å². The molecule has 1 fully saturated rings. The van der Waals surface area contributed by atoms with E-state index in [9.17, 15) is 0 Å². The minimum Gasteiger partial charge on any atom is -0.319 e. The van der Waals surface area contributed by atoms with Gasteiger partial charge in [-0.15, -0.1) is 0 Å². The number of hydrogen-bond acceptors (Lipinski definition) is 2. The van der Waals surface area contributed by atoms with Gasteiger partial charge in [0.05, 0.1) is 6.20 Å². The van der Waals surface area contributed by atoms with Crippen LogP contribution in [0.1, 0.15) is 36.9 Å². The summed E-state index contributed by atoms with van der Waals surface area (Å²) in [6.45, 7) is 4.22. The van der Waals surface area contributed by atoms with Crippen LogP contribution in [0.2, 0.25) is 0 Å². The molecule has 0 unspecified atom stereocenters. The van der Waals surface area contributed by atoms with Crippen LogP contribution in [0.3, 0.4) is 0 Å². The Hall–Kier alpha value is -0.830. The maximum absolute atomic E-state index is 4.44. The second-order valence-electron chi connectivity index (χ2n) is 4.00. The molecule has 1 aliphatic carbocycles. The highest BCUT2D eigenvalue weighted by Crippen LogP contribution is 2.41. The molecule has 1 heterocycles. The molecule has 14 heavy (non-hydrogen) atoms. The van der Waals surface area contributed by atoms with Crippen molar-refractivity contribution in [3.05, 3.63) is 17.5 Å². The highest BCUT2D eigenvalue weighted by Gasteiger charge is 2.29. The van der Waals surface area contributed by atoms with Gasteiger partial charge in [-0.2, -0.15) is 5.10 Å². The standard InChI is InChI=1S/C11H19N3/c1-3-14-11(9-4-5-9)10(8-13-14)6-7-12-2/h8-9,12H,3-7H2,1-2H3. The molecule has 3 nitrogen and oxygen atoms in total. The van der Waals surface area contributed by atoms with Crippen LogP contribution >= 0.6 is 0 Å². The van der Waals surface area contributed by atoms with E-state index in [0.29, 0.717) is 0 Å². The molecule has 2 rings (SSSR count). The average Bonchev–Trinajstić information content (AvgIpc) is 2.96. The van der Waals surface area contributed by atoms with Crippen molar-refractivity contribution in [3.8, 4) is 0 Å². The second kappa shape index (κ2) is 4.13. The number of nitrogens with zero attached hydrogens (tertiary/aromatic N) is 2. The van der Waals surface area contributed by atoms with Crippen LogP contribution in [-0.4, -0.2) is 23.4 Å². The molecule has 0 bridgehead atoms. The van der Waals surface area contributed by atoms with Crippen molar-refractivity contribution in [1.82, 2.24) is 15.1 Å². The van der Waals surface area contributed by atoms with Gasteiger partial charge in [-0.25, -0.2) is 0 Å². The van der Waals surface area contributed by atoms with Crippen LogP contribution in [0.25, 0.3) is 0 Å². The smallest absolute Gasteiger partial charge is 0.0525 e. The summed E-state index contributed by atoms with van der Waals surface area (Å²) in [6, 6.07) is 0. The summed E-state index contributed by atoms with van der Waals surface area (Å²) < 4.78 is 2.17. The van der Waals surface area contributed by atoms with Gasteiger partial charge in [0.1, 0.15) is 0 Å². The normalized spacial score (nSPS) is 16.1. The van der Waals surface area contributed by atoms with Crippen molar-refractivity contribution in [2.75, 3.05) is 13.6 Å². The van der Waals surface area contributed by atoms with Crippen molar-refractivity contribution < 1.29 is 0 Å². The topological polar surface area (TPSA) is 29.9 Å². The first-order valence-corrected chi connectivity index (χ1v) is 5.56. The third-order valence-corrected chi connectivity index (χ3v) is 2.87. The quantitative estimate of drug-likeness (QED) is 0.768. The molecule has 0 amide bonds. The molecule has 0 saturated heterocycles. The van der Waals surface area contributed by atoms with E-state index in [1.165, 1.54) is 24.1 Å². The van der Waals surface area contributed by atoms with Crippen molar-refractivity contribution in [2.24, 2.45) is 0 Å². The highest BCUT2D eigenvalue weighted by atomic mass is 15.3. The molecule has 0 aliphatic heterocycles. The summed E-state index contributed by atoms with van der Waals surface area (Å²) in [5, 5.41) is 7.63. The van der Waals surface area contributed by atoms with Gasteiger partial charge in [-0.1, -0.05) is 0 Å². The van der Waals surface area contributed by atoms with Crippen LogP contribution in [0, 0.1) is 0 Å². The lowest BCUT2D eigenvalue weighted by atomic mass is 10.1.